The SMILES string of the molecule is COc1cc(Nc2ccc(C(=O)O)c(NC3CCCCC3)n2)ccc1-c1cnn(C)c1. The molecule has 0 spiro atoms. The monoisotopic (exact) mass is 421 g/mol. The minimum absolute atomic E-state index is 0.181. The predicted molar refractivity (Wildman–Crippen MR) is 120 cm³/mol. The van der Waals surface area contributed by atoms with Crippen molar-refractivity contribution in [3.8, 4) is 16.9 Å². The first kappa shape index (κ1) is 20.7. The maximum Gasteiger partial charge on any atom is 0.339 e. The molecule has 1 aromatic carbocycles. The number of anilines is 3. The second kappa shape index (κ2) is 9.07. The summed E-state index contributed by atoms with van der Waals surface area (Å²) in [5.41, 5.74) is 2.88. The molecule has 0 saturated heterocycles. The fourth-order valence-electron chi connectivity index (χ4n) is 3.97. The van der Waals surface area contributed by atoms with E-state index in [1.165, 1.54) is 6.42 Å². The van der Waals surface area contributed by atoms with Gasteiger partial charge in [0.2, 0.25) is 0 Å². The molecule has 2 heterocycles. The van der Waals surface area contributed by atoms with Gasteiger partial charge in [0, 0.05) is 42.2 Å². The Morgan fingerprint density at radius 2 is 2.00 bits per heavy atom. The Morgan fingerprint density at radius 3 is 2.68 bits per heavy atom. The molecule has 1 aliphatic rings. The van der Waals surface area contributed by atoms with Crippen molar-refractivity contribution in [2.75, 3.05) is 17.7 Å². The quantitative estimate of drug-likeness (QED) is 0.509. The van der Waals surface area contributed by atoms with Crippen LogP contribution in [0.25, 0.3) is 11.1 Å². The maximum atomic E-state index is 11.7. The lowest BCUT2D eigenvalue weighted by Gasteiger charge is -2.24. The van der Waals surface area contributed by atoms with Gasteiger partial charge in [-0.25, -0.2) is 9.78 Å². The van der Waals surface area contributed by atoms with E-state index in [-0.39, 0.29) is 11.6 Å². The van der Waals surface area contributed by atoms with Gasteiger partial charge in [-0.05, 0) is 37.1 Å². The zero-order valence-electron chi connectivity index (χ0n) is 17.8. The van der Waals surface area contributed by atoms with Crippen LogP contribution in [0.5, 0.6) is 5.75 Å². The normalized spacial score (nSPS) is 14.3. The van der Waals surface area contributed by atoms with E-state index in [0.29, 0.717) is 17.4 Å². The average Bonchev–Trinajstić information content (AvgIpc) is 3.20. The van der Waals surface area contributed by atoms with Crippen LogP contribution in [0.15, 0.2) is 42.7 Å². The number of carboxylic acids is 1. The van der Waals surface area contributed by atoms with Crippen LogP contribution in [-0.4, -0.2) is 39.0 Å². The van der Waals surface area contributed by atoms with Crippen LogP contribution in [0.2, 0.25) is 0 Å². The Morgan fingerprint density at radius 1 is 1.19 bits per heavy atom. The summed E-state index contributed by atoms with van der Waals surface area (Å²) in [5.74, 6) is 0.698. The first-order valence-corrected chi connectivity index (χ1v) is 10.5. The van der Waals surface area contributed by atoms with E-state index in [2.05, 4.69) is 20.7 Å². The topological polar surface area (TPSA) is 101 Å². The second-order valence-corrected chi connectivity index (χ2v) is 7.82. The smallest absolute Gasteiger partial charge is 0.339 e. The van der Waals surface area contributed by atoms with Gasteiger partial charge >= 0.3 is 5.97 Å². The van der Waals surface area contributed by atoms with E-state index in [1.807, 2.05) is 31.4 Å². The third kappa shape index (κ3) is 4.79. The number of methoxy groups -OCH3 is 1. The zero-order chi connectivity index (χ0) is 21.8. The summed E-state index contributed by atoms with van der Waals surface area (Å²) in [6.45, 7) is 0. The molecule has 31 heavy (non-hydrogen) atoms. The van der Waals surface area contributed by atoms with Crippen LogP contribution in [0.4, 0.5) is 17.3 Å². The Kier molecular flexibility index (Phi) is 6.06. The molecule has 2 aromatic heterocycles. The molecule has 0 aliphatic heterocycles. The van der Waals surface area contributed by atoms with Crippen molar-refractivity contribution in [3.63, 3.8) is 0 Å². The van der Waals surface area contributed by atoms with Gasteiger partial charge in [-0.1, -0.05) is 19.3 Å². The van der Waals surface area contributed by atoms with Crippen molar-refractivity contribution < 1.29 is 14.6 Å². The van der Waals surface area contributed by atoms with Crippen molar-refractivity contribution in [2.45, 2.75) is 38.1 Å². The number of pyridine rings is 1. The van der Waals surface area contributed by atoms with E-state index in [0.717, 1.165) is 42.5 Å². The molecule has 8 heteroatoms. The number of ether oxygens (including phenoxy) is 1. The van der Waals surface area contributed by atoms with E-state index in [1.54, 1.807) is 30.1 Å². The molecular formula is C23H27N5O3. The fraction of sp³-hybridized carbons (Fsp3) is 0.348. The molecule has 162 valence electrons. The fourth-order valence-corrected chi connectivity index (χ4v) is 3.97. The lowest BCUT2D eigenvalue weighted by molar-refractivity contribution is 0.0697. The number of aromatic carboxylic acids is 1. The minimum atomic E-state index is -0.986. The summed E-state index contributed by atoms with van der Waals surface area (Å²) >= 11 is 0. The Labute approximate surface area is 181 Å². The van der Waals surface area contributed by atoms with Gasteiger partial charge in [-0.15, -0.1) is 0 Å². The number of hydrogen-bond acceptors (Lipinski definition) is 6. The largest absolute Gasteiger partial charge is 0.496 e. The van der Waals surface area contributed by atoms with Crippen LogP contribution in [0.1, 0.15) is 42.5 Å². The van der Waals surface area contributed by atoms with Gasteiger partial charge < -0.3 is 20.5 Å². The highest BCUT2D eigenvalue weighted by Crippen LogP contribution is 2.33. The van der Waals surface area contributed by atoms with Crippen molar-refractivity contribution >= 4 is 23.3 Å². The molecule has 1 aliphatic carbocycles. The Balaban J connectivity index is 1.58. The third-order valence-corrected chi connectivity index (χ3v) is 5.56. The number of hydrogen-bond donors (Lipinski definition) is 3. The highest BCUT2D eigenvalue weighted by atomic mass is 16.5. The number of nitrogens with one attached hydrogen (secondary N) is 2. The summed E-state index contributed by atoms with van der Waals surface area (Å²) in [6.07, 6.45) is 9.33. The van der Waals surface area contributed by atoms with Crippen molar-refractivity contribution in [1.29, 1.82) is 0 Å². The van der Waals surface area contributed by atoms with Gasteiger partial charge in [0.1, 0.15) is 22.9 Å². The van der Waals surface area contributed by atoms with E-state index < -0.39 is 5.97 Å². The molecular weight excluding hydrogens is 394 g/mol. The van der Waals surface area contributed by atoms with E-state index >= 15 is 0 Å². The molecule has 0 radical (unpaired) electrons. The molecule has 1 fully saturated rings. The number of benzene rings is 1. The average molecular weight is 422 g/mol. The van der Waals surface area contributed by atoms with Crippen LogP contribution < -0.4 is 15.4 Å². The summed E-state index contributed by atoms with van der Waals surface area (Å²) in [7, 11) is 3.50. The van der Waals surface area contributed by atoms with Gasteiger partial charge in [0.15, 0.2) is 0 Å². The number of carboxylic acid groups (broad SMARTS) is 1. The summed E-state index contributed by atoms with van der Waals surface area (Å²) in [6, 6.07) is 9.31. The molecule has 1 saturated carbocycles. The first-order valence-electron chi connectivity index (χ1n) is 10.5. The van der Waals surface area contributed by atoms with Crippen molar-refractivity contribution in [3.05, 3.63) is 48.3 Å². The lowest BCUT2D eigenvalue weighted by Crippen LogP contribution is -2.24. The summed E-state index contributed by atoms with van der Waals surface area (Å²) in [5, 5.41) is 20.4. The number of nitrogens with zero attached hydrogens (tertiary/aromatic N) is 3. The van der Waals surface area contributed by atoms with E-state index in [9.17, 15) is 9.90 Å². The maximum absolute atomic E-state index is 11.7. The number of aryl methyl sites for hydroxylation is 1. The summed E-state index contributed by atoms with van der Waals surface area (Å²) < 4.78 is 7.32. The Bertz CT molecular complexity index is 1070. The molecule has 0 amide bonds. The van der Waals surface area contributed by atoms with Crippen molar-refractivity contribution in [1.82, 2.24) is 14.8 Å². The van der Waals surface area contributed by atoms with Crippen LogP contribution in [-0.2, 0) is 7.05 Å². The molecule has 0 atom stereocenters. The van der Waals surface area contributed by atoms with Crippen LogP contribution >= 0.6 is 0 Å². The number of rotatable bonds is 7. The number of carbonyl (C=O) groups is 1. The molecule has 3 aromatic rings. The first-order chi connectivity index (χ1) is 15.0. The third-order valence-electron chi connectivity index (χ3n) is 5.56. The lowest BCUT2D eigenvalue weighted by atomic mass is 9.95. The highest BCUT2D eigenvalue weighted by Gasteiger charge is 2.19. The van der Waals surface area contributed by atoms with Gasteiger partial charge in [-0.3, -0.25) is 4.68 Å². The summed E-state index contributed by atoms with van der Waals surface area (Å²) in [4.78, 5) is 16.2. The van der Waals surface area contributed by atoms with Gasteiger partial charge in [0.25, 0.3) is 0 Å². The molecule has 0 unspecified atom stereocenters. The van der Waals surface area contributed by atoms with Gasteiger partial charge in [-0.2, -0.15) is 5.10 Å². The van der Waals surface area contributed by atoms with E-state index in [4.69, 9.17) is 4.74 Å². The second-order valence-electron chi connectivity index (χ2n) is 7.82. The molecule has 0 bridgehead atoms. The molecule has 8 nitrogen and oxygen atoms in total. The zero-order valence-corrected chi connectivity index (χ0v) is 17.8. The van der Waals surface area contributed by atoms with Gasteiger partial charge in [0.05, 0.1) is 13.3 Å². The number of aromatic nitrogens is 3. The molecule has 3 N–H and O–H groups in total. The molecule has 4 rings (SSSR count). The predicted octanol–water partition coefficient (Wildman–Crippen LogP) is 4.68. The van der Waals surface area contributed by atoms with Crippen LogP contribution in [0.3, 0.4) is 0 Å². The standard InChI is InChI=1S/C23H27N5O3/c1-28-14-15(13-24-28)18-9-8-17(12-20(18)31-2)25-21-11-10-19(23(29)30)22(27-21)26-16-6-4-3-5-7-16/h8-14,16H,3-7H2,1-2H3,(H,29,30)(H2,25,26,27). The Hall–Kier alpha value is -3.55. The van der Waals surface area contributed by atoms with Crippen LogP contribution in [0, 0.1) is 0 Å². The van der Waals surface area contributed by atoms with Crippen molar-refractivity contribution in [2.24, 2.45) is 7.05 Å². The minimum Gasteiger partial charge on any atom is -0.496 e. The highest BCUT2D eigenvalue weighted by molar-refractivity contribution is 5.93.